The minimum absolute atomic E-state index is 0.103. The van der Waals surface area contributed by atoms with Gasteiger partial charge in [0.05, 0.1) is 4.88 Å². The van der Waals surface area contributed by atoms with Crippen molar-refractivity contribution in [2.45, 2.75) is 6.42 Å². The predicted molar refractivity (Wildman–Crippen MR) is 76.9 cm³/mol. The smallest absolute Gasteiger partial charge is 0.255 e. The molecule has 0 saturated heterocycles. The number of aromatic amines is 1. The van der Waals surface area contributed by atoms with E-state index in [0.717, 1.165) is 15.8 Å². The number of ketones is 1. The molecule has 3 rings (SSSR count). The first-order chi connectivity index (χ1) is 9.24. The summed E-state index contributed by atoms with van der Waals surface area (Å²) in [6.07, 6.45) is 1.98. The number of pyridine rings is 1. The number of H-pyrrole nitrogens is 1. The Morgan fingerprint density at radius 2 is 2.11 bits per heavy atom. The van der Waals surface area contributed by atoms with Crippen molar-refractivity contribution >= 4 is 27.9 Å². The zero-order chi connectivity index (χ0) is 13.2. The molecule has 4 heteroatoms. The summed E-state index contributed by atoms with van der Waals surface area (Å²) < 4.78 is 0. The minimum atomic E-state index is -0.103. The van der Waals surface area contributed by atoms with Crippen LogP contribution in [0.1, 0.15) is 15.2 Å². The van der Waals surface area contributed by atoms with Gasteiger partial charge in [-0.2, -0.15) is 0 Å². The molecule has 0 unspecified atom stereocenters. The fraction of sp³-hybridized carbons (Fsp3) is 0.0667. The number of Topliss-reactive ketones (excluding diaryl/α,β-unsaturated/α-hetero) is 1. The molecule has 1 aromatic carbocycles. The molecule has 2 aromatic heterocycles. The minimum Gasteiger partial charge on any atom is -0.329 e. The molecule has 0 spiro atoms. The summed E-state index contributed by atoms with van der Waals surface area (Å²) in [5.74, 6) is 0.110. The van der Waals surface area contributed by atoms with Crippen molar-refractivity contribution in [1.82, 2.24) is 4.98 Å². The van der Waals surface area contributed by atoms with Crippen molar-refractivity contribution in [2.24, 2.45) is 0 Å². The number of fused-ring (bicyclic) bond motifs is 1. The van der Waals surface area contributed by atoms with E-state index in [4.69, 9.17) is 0 Å². The Balaban J connectivity index is 1.94. The van der Waals surface area contributed by atoms with Gasteiger partial charge in [-0.25, -0.2) is 0 Å². The van der Waals surface area contributed by atoms with Gasteiger partial charge >= 0.3 is 0 Å². The van der Waals surface area contributed by atoms with Gasteiger partial charge in [0.25, 0.3) is 5.56 Å². The number of nitrogens with one attached hydrogen (secondary N) is 1. The lowest BCUT2D eigenvalue weighted by atomic mass is 10.0. The van der Waals surface area contributed by atoms with Crippen LogP contribution in [0.25, 0.3) is 10.8 Å². The maximum Gasteiger partial charge on any atom is 0.255 e. The molecule has 2 heterocycles. The third kappa shape index (κ3) is 2.35. The van der Waals surface area contributed by atoms with Gasteiger partial charge in [0.15, 0.2) is 5.78 Å². The van der Waals surface area contributed by atoms with Gasteiger partial charge in [0.1, 0.15) is 0 Å². The number of aromatic nitrogens is 1. The third-order valence-electron chi connectivity index (χ3n) is 3.00. The van der Waals surface area contributed by atoms with E-state index in [2.05, 4.69) is 4.98 Å². The molecule has 0 aliphatic rings. The fourth-order valence-electron chi connectivity index (χ4n) is 2.06. The molecule has 19 heavy (non-hydrogen) atoms. The molecular formula is C15H11NO2S. The SMILES string of the molecule is O=C(Cc1ccc2c(=O)[nH]ccc2c1)c1cccs1. The van der Waals surface area contributed by atoms with Crippen LogP contribution in [0.5, 0.6) is 0 Å². The number of hydrogen-bond acceptors (Lipinski definition) is 3. The first-order valence-corrected chi connectivity index (χ1v) is 6.79. The molecule has 1 N–H and O–H groups in total. The molecule has 3 aromatic rings. The molecule has 0 amide bonds. The van der Waals surface area contributed by atoms with Crippen molar-refractivity contribution in [3.05, 3.63) is 68.8 Å². The van der Waals surface area contributed by atoms with E-state index in [9.17, 15) is 9.59 Å². The van der Waals surface area contributed by atoms with E-state index in [-0.39, 0.29) is 11.3 Å². The first kappa shape index (κ1) is 11.9. The van der Waals surface area contributed by atoms with Crippen LogP contribution in [0.2, 0.25) is 0 Å². The number of thiophene rings is 1. The number of rotatable bonds is 3. The van der Waals surface area contributed by atoms with Crippen LogP contribution in [0.15, 0.2) is 52.8 Å². The van der Waals surface area contributed by atoms with Crippen LogP contribution >= 0.6 is 11.3 Å². The first-order valence-electron chi connectivity index (χ1n) is 5.91. The van der Waals surface area contributed by atoms with Crippen LogP contribution in [-0.4, -0.2) is 10.8 Å². The van der Waals surface area contributed by atoms with E-state index in [1.165, 1.54) is 11.3 Å². The molecule has 3 nitrogen and oxygen atoms in total. The quantitative estimate of drug-likeness (QED) is 0.743. The van der Waals surface area contributed by atoms with Gasteiger partial charge in [0, 0.05) is 18.0 Å². The highest BCUT2D eigenvalue weighted by Crippen LogP contribution is 2.16. The Morgan fingerprint density at radius 1 is 1.21 bits per heavy atom. The molecule has 0 aliphatic heterocycles. The van der Waals surface area contributed by atoms with E-state index in [1.807, 2.05) is 35.7 Å². The highest BCUT2D eigenvalue weighted by molar-refractivity contribution is 7.12. The number of hydrogen-bond donors (Lipinski definition) is 1. The zero-order valence-corrected chi connectivity index (χ0v) is 10.9. The fourth-order valence-corrected chi connectivity index (χ4v) is 2.73. The van der Waals surface area contributed by atoms with Gasteiger partial charge in [0.2, 0.25) is 0 Å². The average Bonchev–Trinajstić information content (AvgIpc) is 2.93. The summed E-state index contributed by atoms with van der Waals surface area (Å²) in [5, 5.41) is 3.41. The van der Waals surface area contributed by atoms with Crippen molar-refractivity contribution in [1.29, 1.82) is 0 Å². The second kappa shape index (κ2) is 4.82. The highest BCUT2D eigenvalue weighted by atomic mass is 32.1. The average molecular weight is 269 g/mol. The van der Waals surface area contributed by atoms with E-state index in [0.29, 0.717) is 11.8 Å². The number of benzene rings is 1. The van der Waals surface area contributed by atoms with Gasteiger partial charge in [-0.05, 0) is 34.5 Å². The van der Waals surface area contributed by atoms with Crippen molar-refractivity contribution in [3.63, 3.8) is 0 Å². The lowest BCUT2D eigenvalue weighted by molar-refractivity contribution is 0.0997. The van der Waals surface area contributed by atoms with Crippen LogP contribution in [0.3, 0.4) is 0 Å². The second-order valence-electron chi connectivity index (χ2n) is 4.31. The summed E-state index contributed by atoms with van der Waals surface area (Å²) in [5.41, 5.74) is 0.824. The summed E-state index contributed by atoms with van der Waals surface area (Å²) in [6.45, 7) is 0. The molecule has 0 saturated carbocycles. The molecule has 94 valence electrons. The Bertz CT molecular complexity index is 787. The maximum atomic E-state index is 12.0. The molecule has 0 bridgehead atoms. The second-order valence-corrected chi connectivity index (χ2v) is 5.25. The van der Waals surface area contributed by atoms with Crippen LogP contribution in [-0.2, 0) is 6.42 Å². The highest BCUT2D eigenvalue weighted by Gasteiger charge is 2.08. The summed E-state index contributed by atoms with van der Waals surface area (Å²) in [4.78, 5) is 27.0. The maximum absolute atomic E-state index is 12.0. The predicted octanol–water partition coefficient (Wildman–Crippen LogP) is 3.02. The van der Waals surface area contributed by atoms with Gasteiger partial charge in [-0.1, -0.05) is 18.2 Å². The molecule has 0 aliphatic carbocycles. The van der Waals surface area contributed by atoms with Crippen molar-refractivity contribution < 1.29 is 4.79 Å². The van der Waals surface area contributed by atoms with Gasteiger partial charge in [-0.3, -0.25) is 9.59 Å². The van der Waals surface area contributed by atoms with Gasteiger partial charge in [-0.15, -0.1) is 11.3 Å². The van der Waals surface area contributed by atoms with Crippen LogP contribution in [0, 0.1) is 0 Å². The summed E-state index contributed by atoms with van der Waals surface area (Å²) in [6, 6.07) is 11.1. The topological polar surface area (TPSA) is 49.9 Å². The standard InChI is InChI=1S/C15H11NO2S/c17-13(14-2-1-7-19-14)9-10-3-4-12-11(8-10)5-6-16-15(12)18/h1-8H,9H2,(H,16,18). The lowest BCUT2D eigenvalue weighted by Gasteiger charge is -2.02. The molecule has 0 radical (unpaired) electrons. The van der Waals surface area contributed by atoms with E-state index in [1.54, 1.807) is 12.3 Å². The van der Waals surface area contributed by atoms with Crippen molar-refractivity contribution in [2.75, 3.05) is 0 Å². The lowest BCUT2D eigenvalue weighted by Crippen LogP contribution is -2.05. The normalized spacial score (nSPS) is 10.7. The van der Waals surface area contributed by atoms with E-state index < -0.39 is 0 Å². The number of carbonyl (C=O) groups is 1. The summed E-state index contributed by atoms with van der Waals surface area (Å²) >= 11 is 1.45. The monoisotopic (exact) mass is 269 g/mol. The molecular weight excluding hydrogens is 258 g/mol. The Hall–Kier alpha value is -2.20. The van der Waals surface area contributed by atoms with Crippen molar-refractivity contribution in [3.8, 4) is 0 Å². The third-order valence-corrected chi connectivity index (χ3v) is 3.91. The Kier molecular flexibility index (Phi) is 3.01. The van der Waals surface area contributed by atoms with Gasteiger partial charge < -0.3 is 4.98 Å². The van der Waals surface area contributed by atoms with Crippen LogP contribution in [0.4, 0.5) is 0 Å². The summed E-state index contributed by atoms with van der Waals surface area (Å²) in [7, 11) is 0. The Labute approximate surface area is 113 Å². The molecule has 0 fully saturated rings. The zero-order valence-electron chi connectivity index (χ0n) is 10.1. The molecule has 0 atom stereocenters. The largest absolute Gasteiger partial charge is 0.329 e. The van der Waals surface area contributed by atoms with E-state index >= 15 is 0 Å². The van der Waals surface area contributed by atoms with Crippen LogP contribution < -0.4 is 5.56 Å². The number of carbonyl (C=O) groups excluding carboxylic acids is 1. The Morgan fingerprint density at radius 3 is 2.89 bits per heavy atom.